The molecular formula is C23H31F3N2O4. The van der Waals surface area contributed by atoms with Gasteiger partial charge in [-0.25, -0.2) is 0 Å². The number of alkyl halides is 3. The van der Waals surface area contributed by atoms with Crippen LogP contribution in [0.3, 0.4) is 0 Å². The molecule has 0 aliphatic heterocycles. The Balaban J connectivity index is 2.57. The second-order valence-corrected chi connectivity index (χ2v) is 9.39. The third-order valence-electron chi connectivity index (χ3n) is 4.51. The summed E-state index contributed by atoms with van der Waals surface area (Å²) in [5.41, 5.74) is -2.70. The van der Waals surface area contributed by atoms with Crippen LogP contribution in [0, 0.1) is 0 Å². The van der Waals surface area contributed by atoms with Crippen molar-refractivity contribution in [2.45, 2.75) is 78.1 Å². The number of carbonyl (C=O) groups excluding carboxylic acids is 1. The second-order valence-electron chi connectivity index (χ2n) is 9.39. The van der Waals surface area contributed by atoms with Crippen molar-refractivity contribution in [1.82, 2.24) is 4.74 Å². The molecule has 9 heteroatoms. The minimum atomic E-state index is -4.64. The van der Waals surface area contributed by atoms with E-state index in [0.717, 1.165) is 25.0 Å². The van der Waals surface area contributed by atoms with E-state index in [2.05, 4.69) is 4.99 Å². The van der Waals surface area contributed by atoms with Gasteiger partial charge in [0.1, 0.15) is 18.1 Å². The highest BCUT2D eigenvalue weighted by molar-refractivity contribution is 5.97. The highest BCUT2D eigenvalue weighted by atomic mass is 19.4. The summed E-state index contributed by atoms with van der Waals surface area (Å²) in [5.74, 6) is -0.385. The first kappa shape index (κ1) is 25.7. The van der Waals surface area contributed by atoms with Gasteiger partial charge in [0, 0.05) is 11.5 Å². The second kappa shape index (κ2) is 9.52. The maximum atomic E-state index is 13.3. The molecule has 0 unspecified atom stereocenters. The minimum absolute atomic E-state index is 0.0893. The normalized spacial score (nSPS) is 13.5. The van der Waals surface area contributed by atoms with Gasteiger partial charge < -0.3 is 14.4 Å². The van der Waals surface area contributed by atoms with Crippen molar-refractivity contribution in [2.24, 2.45) is 4.99 Å². The fourth-order valence-corrected chi connectivity index (χ4v) is 2.70. The average molecular weight is 457 g/mol. The number of nitrogens with zero attached hydrogens (tertiary/aromatic N) is 2. The van der Waals surface area contributed by atoms with Crippen LogP contribution in [-0.4, -0.2) is 28.0 Å². The summed E-state index contributed by atoms with van der Waals surface area (Å²) in [4.78, 5) is 17.1. The molecule has 0 bridgehead atoms. The summed E-state index contributed by atoms with van der Waals surface area (Å²) in [7, 11) is 0. The van der Waals surface area contributed by atoms with Crippen LogP contribution < -0.4 is 10.2 Å². The molecule has 0 fully saturated rings. The highest BCUT2D eigenvalue weighted by Gasteiger charge is 2.32. The van der Waals surface area contributed by atoms with Gasteiger partial charge in [0.05, 0.1) is 23.3 Å². The van der Waals surface area contributed by atoms with Crippen LogP contribution >= 0.6 is 0 Å². The Bertz CT molecular complexity index is 1010. The molecule has 1 N–H and O–H groups in total. The molecule has 2 aromatic rings. The van der Waals surface area contributed by atoms with E-state index in [1.54, 1.807) is 6.07 Å². The van der Waals surface area contributed by atoms with Crippen LogP contribution in [0.5, 0.6) is 5.75 Å². The van der Waals surface area contributed by atoms with Crippen molar-refractivity contribution in [3.8, 4) is 5.75 Å². The number of rotatable bonds is 7. The lowest BCUT2D eigenvalue weighted by molar-refractivity contribution is -0.137. The molecule has 1 aromatic heterocycles. The van der Waals surface area contributed by atoms with Crippen molar-refractivity contribution in [3.05, 3.63) is 46.6 Å². The van der Waals surface area contributed by atoms with Crippen LogP contribution in [0.1, 0.15) is 76.1 Å². The maximum absolute atomic E-state index is 13.3. The van der Waals surface area contributed by atoms with Gasteiger partial charge in [-0.3, -0.25) is 4.79 Å². The van der Waals surface area contributed by atoms with Crippen LogP contribution in [0.2, 0.25) is 0 Å². The molecule has 32 heavy (non-hydrogen) atoms. The van der Waals surface area contributed by atoms with Crippen LogP contribution in [0.25, 0.3) is 0 Å². The van der Waals surface area contributed by atoms with Crippen molar-refractivity contribution >= 4 is 5.91 Å². The zero-order valence-corrected chi connectivity index (χ0v) is 19.3. The predicted molar refractivity (Wildman–Crippen MR) is 113 cm³/mol. The van der Waals surface area contributed by atoms with E-state index in [1.807, 2.05) is 27.7 Å². The molecule has 0 saturated carbocycles. The summed E-state index contributed by atoms with van der Waals surface area (Å²) in [6.07, 6.45) is -2.98. The first-order chi connectivity index (χ1) is 14.6. The summed E-state index contributed by atoms with van der Waals surface area (Å²) < 4.78 is 52.6. The SMILES string of the molecule is CCCCn1oc(C(C)(C)C)cc1=NC(=O)c1cc(C(F)(F)F)ccc1OCC(C)(C)O. The molecule has 6 nitrogen and oxygen atoms in total. The number of aryl methyl sites for hydroxylation is 1. The van der Waals surface area contributed by atoms with Crippen LogP contribution in [0.15, 0.2) is 33.8 Å². The molecule has 0 aliphatic carbocycles. The van der Waals surface area contributed by atoms with Gasteiger partial charge in [0.25, 0.3) is 5.91 Å². The number of unbranched alkanes of at least 4 members (excludes halogenated alkanes) is 1. The molecule has 0 radical (unpaired) electrons. The Hall–Kier alpha value is -2.55. The van der Waals surface area contributed by atoms with Crippen molar-refractivity contribution in [2.75, 3.05) is 6.61 Å². The summed E-state index contributed by atoms with van der Waals surface area (Å²) in [5, 5.41) is 9.90. The predicted octanol–water partition coefficient (Wildman–Crippen LogP) is 5.09. The number of ether oxygens (including phenoxy) is 1. The van der Waals surface area contributed by atoms with E-state index in [1.165, 1.54) is 18.6 Å². The Labute approximate surface area is 185 Å². The molecule has 0 saturated heterocycles. The number of aromatic nitrogens is 1. The van der Waals surface area contributed by atoms with E-state index in [4.69, 9.17) is 9.26 Å². The Morgan fingerprint density at radius 2 is 1.81 bits per heavy atom. The number of benzene rings is 1. The third kappa shape index (κ3) is 6.98. The lowest BCUT2D eigenvalue weighted by atomic mass is 9.94. The quantitative estimate of drug-likeness (QED) is 0.630. The van der Waals surface area contributed by atoms with Crippen LogP contribution in [0.4, 0.5) is 13.2 Å². The number of amides is 1. The van der Waals surface area contributed by atoms with Gasteiger partial charge in [-0.15, -0.1) is 0 Å². The lowest BCUT2D eigenvalue weighted by Gasteiger charge is -2.19. The van der Waals surface area contributed by atoms with Gasteiger partial charge in [-0.2, -0.15) is 22.9 Å². The molecule has 178 valence electrons. The van der Waals surface area contributed by atoms with Gasteiger partial charge in [-0.1, -0.05) is 34.1 Å². The molecule has 2 rings (SSSR count). The Morgan fingerprint density at radius 3 is 2.34 bits per heavy atom. The topological polar surface area (TPSA) is 77.0 Å². The van der Waals surface area contributed by atoms with E-state index >= 15 is 0 Å². The van der Waals surface area contributed by atoms with Gasteiger partial charge in [0.2, 0.25) is 0 Å². The van der Waals surface area contributed by atoms with E-state index in [0.29, 0.717) is 18.4 Å². The zero-order chi connectivity index (χ0) is 24.3. The first-order valence-electron chi connectivity index (χ1n) is 10.5. The highest BCUT2D eigenvalue weighted by Crippen LogP contribution is 2.33. The molecule has 1 amide bonds. The maximum Gasteiger partial charge on any atom is 0.416 e. The Kier molecular flexibility index (Phi) is 7.65. The van der Waals surface area contributed by atoms with Crippen molar-refractivity contribution in [1.29, 1.82) is 0 Å². The smallest absolute Gasteiger partial charge is 0.416 e. The number of hydrogen-bond donors (Lipinski definition) is 1. The Morgan fingerprint density at radius 1 is 1.16 bits per heavy atom. The molecule has 1 heterocycles. The van der Waals surface area contributed by atoms with E-state index in [-0.39, 0.29) is 28.8 Å². The molecule has 1 aromatic carbocycles. The fraction of sp³-hybridized carbons (Fsp3) is 0.565. The molecule has 0 spiro atoms. The minimum Gasteiger partial charge on any atom is -0.490 e. The molecular weight excluding hydrogens is 425 g/mol. The third-order valence-corrected chi connectivity index (χ3v) is 4.51. The van der Waals surface area contributed by atoms with Gasteiger partial charge in [0.15, 0.2) is 5.49 Å². The number of hydrogen-bond acceptors (Lipinski definition) is 4. The van der Waals surface area contributed by atoms with Gasteiger partial charge in [-0.05, 0) is 38.5 Å². The largest absolute Gasteiger partial charge is 0.490 e. The zero-order valence-electron chi connectivity index (χ0n) is 19.3. The molecule has 0 aliphatic rings. The van der Waals surface area contributed by atoms with Crippen LogP contribution in [-0.2, 0) is 18.1 Å². The van der Waals surface area contributed by atoms with Crippen molar-refractivity contribution in [3.63, 3.8) is 0 Å². The monoisotopic (exact) mass is 456 g/mol. The standard InChI is InChI=1S/C23H31F3N2O4/c1-7-8-11-28-19(13-18(32-28)21(2,3)4)27-20(29)16-12-15(23(24,25)26)9-10-17(16)31-14-22(5,6)30/h9-10,12-13,30H,7-8,11,14H2,1-6H3. The van der Waals surface area contributed by atoms with E-state index < -0.39 is 23.2 Å². The average Bonchev–Trinajstić information content (AvgIpc) is 3.06. The first-order valence-corrected chi connectivity index (χ1v) is 10.5. The van der Waals surface area contributed by atoms with Crippen molar-refractivity contribution < 1.29 is 32.3 Å². The lowest BCUT2D eigenvalue weighted by Crippen LogP contribution is -2.28. The fourth-order valence-electron chi connectivity index (χ4n) is 2.70. The van der Waals surface area contributed by atoms with E-state index in [9.17, 15) is 23.1 Å². The summed E-state index contributed by atoms with van der Waals surface area (Å²) in [6.45, 7) is 11.1. The molecule has 0 atom stereocenters. The number of aliphatic hydroxyl groups is 1. The number of halogens is 3. The summed E-state index contributed by atoms with van der Waals surface area (Å²) in [6, 6.07) is 4.23. The van der Waals surface area contributed by atoms with Gasteiger partial charge >= 0.3 is 6.18 Å². The summed E-state index contributed by atoms with van der Waals surface area (Å²) >= 11 is 0. The number of carbonyl (C=O) groups is 1.